The van der Waals surface area contributed by atoms with Gasteiger partial charge in [-0.3, -0.25) is 14.9 Å². The van der Waals surface area contributed by atoms with Crippen molar-refractivity contribution in [2.45, 2.75) is 20.5 Å². The molecule has 0 radical (unpaired) electrons. The van der Waals surface area contributed by atoms with E-state index in [-0.39, 0.29) is 18.2 Å². The Bertz CT molecular complexity index is 1440. The topological polar surface area (TPSA) is 103 Å². The van der Waals surface area contributed by atoms with Gasteiger partial charge in [0.25, 0.3) is 11.6 Å². The van der Waals surface area contributed by atoms with Crippen molar-refractivity contribution in [1.82, 2.24) is 5.32 Å². The molecule has 0 atom stereocenters. The molecule has 1 aliphatic rings. The first-order valence-corrected chi connectivity index (χ1v) is 13.4. The summed E-state index contributed by atoms with van der Waals surface area (Å²) in [6.45, 7) is 4.29. The van der Waals surface area contributed by atoms with Crippen molar-refractivity contribution in [2.24, 2.45) is 4.99 Å². The number of aliphatic imine (C=N–C) groups is 1. The van der Waals surface area contributed by atoms with Crippen LogP contribution in [0.25, 0.3) is 6.08 Å². The van der Waals surface area contributed by atoms with Crippen molar-refractivity contribution in [3.63, 3.8) is 0 Å². The molecule has 11 heteroatoms. The Labute approximate surface area is 236 Å². The van der Waals surface area contributed by atoms with Crippen molar-refractivity contribution in [1.29, 1.82) is 0 Å². The molecule has 1 aliphatic heterocycles. The molecule has 4 rings (SSSR count). The SMILES string of the molecule is CCOc1cc(/C=C2/SC(=Nc3cccc(Cl)c3C)NC2=O)cc(I)c1OCc1cccc([N+](=O)[O-])c1. The summed E-state index contributed by atoms with van der Waals surface area (Å²) in [6.07, 6.45) is 1.77. The summed E-state index contributed by atoms with van der Waals surface area (Å²) in [7, 11) is 0. The van der Waals surface area contributed by atoms with E-state index in [1.54, 1.807) is 30.3 Å². The largest absolute Gasteiger partial charge is 0.490 e. The maximum absolute atomic E-state index is 12.6. The van der Waals surface area contributed by atoms with Crippen LogP contribution in [-0.4, -0.2) is 22.6 Å². The van der Waals surface area contributed by atoms with Gasteiger partial charge in [0.2, 0.25) is 0 Å². The van der Waals surface area contributed by atoms with E-state index in [1.807, 2.05) is 32.0 Å². The highest BCUT2D eigenvalue weighted by atomic mass is 127. The number of thioether (sulfide) groups is 1. The third kappa shape index (κ3) is 6.62. The molecule has 0 aliphatic carbocycles. The molecule has 1 heterocycles. The van der Waals surface area contributed by atoms with Gasteiger partial charge in [-0.15, -0.1) is 0 Å². The van der Waals surface area contributed by atoms with Crippen molar-refractivity contribution in [3.8, 4) is 11.5 Å². The average molecular weight is 650 g/mol. The van der Waals surface area contributed by atoms with E-state index in [0.29, 0.717) is 44.5 Å². The zero-order chi connectivity index (χ0) is 26.5. The lowest BCUT2D eigenvalue weighted by Gasteiger charge is -2.15. The van der Waals surface area contributed by atoms with Gasteiger partial charge in [-0.1, -0.05) is 29.8 Å². The van der Waals surface area contributed by atoms with Crippen LogP contribution in [0.15, 0.2) is 64.5 Å². The number of amides is 1. The second-order valence-corrected chi connectivity index (χ2v) is 10.4. The number of hydrogen-bond acceptors (Lipinski definition) is 7. The number of non-ortho nitro benzene ring substituents is 1. The molecule has 0 spiro atoms. The van der Waals surface area contributed by atoms with E-state index in [9.17, 15) is 14.9 Å². The van der Waals surface area contributed by atoms with E-state index in [4.69, 9.17) is 21.1 Å². The number of nitrogens with zero attached hydrogens (tertiary/aromatic N) is 2. The monoisotopic (exact) mass is 649 g/mol. The second kappa shape index (κ2) is 12.0. The van der Waals surface area contributed by atoms with Gasteiger partial charge in [-0.25, -0.2) is 4.99 Å². The summed E-state index contributed by atoms with van der Waals surface area (Å²) in [4.78, 5) is 28.3. The highest BCUT2D eigenvalue weighted by Crippen LogP contribution is 2.37. The van der Waals surface area contributed by atoms with Crippen LogP contribution in [0.3, 0.4) is 0 Å². The number of rotatable bonds is 8. The van der Waals surface area contributed by atoms with Gasteiger partial charge in [0.1, 0.15) is 6.61 Å². The van der Waals surface area contributed by atoms with Crippen molar-refractivity contribution in [2.75, 3.05) is 6.61 Å². The molecule has 190 valence electrons. The molecule has 37 heavy (non-hydrogen) atoms. The lowest BCUT2D eigenvalue weighted by molar-refractivity contribution is -0.384. The van der Waals surface area contributed by atoms with Crippen LogP contribution < -0.4 is 14.8 Å². The number of carbonyl (C=O) groups is 1. The number of ether oxygens (including phenoxy) is 2. The number of nitro groups is 1. The summed E-state index contributed by atoms with van der Waals surface area (Å²) in [6, 6.07) is 15.4. The summed E-state index contributed by atoms with van der Waals surface area (Å²) in [5, 5.41) is 14.9. The Kier molecular flexibility index (Phi) is 8.72. The van der Waals surface area contributed by atoms with Crippen molar-refractivity contribution in [3.05, 3.63) is 94.9 Å². The Hall–Kier alpha value is -3.09. The van der Waals surface area contributed by atoms with Crippen LogP contribution in [0.1, 0.15) is 23.6 Å². The van der Waals surface area contributed by atoms with Crippen LogP contribution in [0.2, 0.25) is 5.02 Å². The molecular weight excluding hydrogens is 629 g/mol. The van der Waals surface area contributed by atoms with Crippen LogP contribution in [-0.2, 0) is 11.4 Å². The Morgan fingerprint density at radius 2 is 1.97 bits per heavy atom. The molecule has 0 saturated carbocycles. The number of halogens is 2. The number of nitro benzene ring substituents is 1. The van der Waals surface area contributed by atoms with Crippen molar-refractivity contribution >= 4 is 74.5 Å². The number of nitrogens with one attached hydrogen (secondary N) is 1. The van der Waals surface area contributed by atoms with Crippen LogP contribution in [0.5, 0.6) is 11.5 Å². The molecule has 3 aromatic rings. The molecule has 1 saturated heterocycles. The van der Waals surface area contributed by atoms with Crippen molar-refractivity contribution < 1.29 is 19.2 Å². The van der Waals surface area contributed by atoms with Gasteiger partial charge in [0, 0.05) is 17.2 Å². The first-order valence-electron chi connectivity index (χ1n) is 11.1. The number of hydrogen-bond donors (Lipinski definition) is 1. The standard InChI is InChI=1S/C26H21ClIN3O5S/c1-3-35-22-12-17(11-20(28)24(22)36-14-16-6-4-7-18(10-16)31(33)34)13-23-25(32)30-26(37-23)29-21-9-5-8-19(27)15(21)2/h4-13H,3,14H2,1-2H3,(H,29,30,32)/b23-13+. The van der Waals surface area contributed by atoms with E-state index >= 15 is 0 Å². The summed E-state index contributed by atoms with van der Waals surface area (Å²) in [5.74, 6) is 0.791. The number of benzene rings is 3. The second-order valence-electron chi connectivity index (χ2n) is 7.84. The molecule has 1 N–H and O–H groups in total. The van der Waals surface area contributed by atoms with Gasteiger partial charge in [0.05, 0.1) is 25.7 Å². The first-order chi connectivity index (χ1) is 17.7. The highest BCUT2D eigenvalue weighted by Gasteiger charge is 2.24. The summed E-state index contributed by atoms with van der Waals surface area (Å²) in [5.41, 5.74) is 2.95. The minimum Gasteiger partial charge on any atom is -0.490 e. The zero-order valence-corrected chi connectivity index (χ0v) is 23.5. The Morgan fingerprint density at radius 3 is 2.73 bits per heavy atom. The van der Waals surface area contributed by atoms with Gasteiger partial charge in [-0.2, -0.15) is 0 Å². The number of amidine groups is 1. The molecule has 1 fully saturated rings. The molecule has 3 aromatic carbocycles. The predicted molar refractivity (Wildman–Crippen MR) is 155 cm³/mol. The molecule has 8 nitrogen and oxygen atoms in total. The fourth-order valence-corrected chi connectivity index (χ4v) is 5.23. The van der Waals surface area contributed by atoms with E-state index in [2.05, 4.69) is 32.9 Å². The fourth-order valence-electron chi connectivity index (χ4n) is 3.45. The molecule has 1 amide bonds. The van der Waals surface area contributed by atoms with Gasteiger partial charge >= 0.3 is 0 Å². The fraction of sp³-hybridized carbons (Fsp3) is 0.154. The molecule has 0 unspecified atom stereocenters. The molecule has 0 bridgehead atoms. The van der Waals surface area contributed by atoms with Gasteiger partial charge in [0.15, 0.2) is 16.7 Å². The third-order valence-corrected chi connectivity index (χ3v) is 7.37. The smallest absolute Gasteiger partial charge is 0.269 e. The minimum absolute atomic E-state index is 0.00331. The number of carbonyl (C=O) groups excluding carboxylic acids is 1. The van der Waals surface area contributed by atoms with Gasteiger partial charge < -0.3 is 14.8 Å². The summed E-state index contributed by atoms with van der Waals surface area (Å²) >= 11 is 9.57. The highest BCUT2D eigenvalue weighted by molar-refractivity contribution is 14.1. The van der Waals surface area contributed by atoms with E-state index in [1.165, 1.54) is 23.9 Å². The lowest BCUT2D eigenvalue weighted by Crippen LogP contribution is -2.19. The van der Waals surface area contributed by atoms with Crippen LogP contribution >= 0.6 is 46.0 Å². The Balaban J connectivity index is 1.57. The zero-order valence-electron chi connectivity index (χ0n) is 19.8. The van der Waals surface area contributed by atoms with Crippen LogP contribution in [0.4, 0.5) is 11.4 Å². The van der Waals surface area contributed by atoms with Gasteiger partial charge in [-0.05, 0) is 95.2 Å². The van der Waals surface area contributed by atoms with E-state index in [0.717, 1.165) is 14.7 Å². The first kappa shape index (κ1) is 27.0. The predicted octanol–water partition coefficient (Wildman–Crippen LogP) is 7.03. The quantitative estimate of drug-likeness (QED) is 0.122. The summed E-state index contributed by atoms with van der Waals surface area (Å²) < 4.78 is 12.6. The Morgan fingerprint density at radius 1 is 1.19 bits per heavy atom. The maximum atomic E-state index is 12.6. The molecule has 0 aromatic heterocycles. The average Bonchev–Trinajstić information content (AvgIpc) is 3.20. The maximum Gasteiger partial charge on any atom is 0.269 e. The lowest BCUT2D eigenvalue weighted by atomic mass is 10.1. The van der Waals surface area contributed by atoms with E-state index < -0.39 is 4.92 Å². The molecular formula is C26H21ClIN3O5S. The minimum atomic E-state index is -0.440. The van der Waals surface area contributed by atoms with Crippen LogP contribution in [0, 0.1) is 20.6 Å². The third-order valence-electron chi connectivity index (χ3n) is 5.25. The normalized spacial score (nSPS) is 15.2.